The first-order valence-electron chi connectivity index (χ1n) is 6.61. The quantitative estimate of drug-likeness (QED) is 0.377. The molecule has 0 N–H and O–H groups in total. The zero-order valence-electron chi connectivity index (χ0n) is 12.1. The van der Waals surface area contributed by atoms with E-state index in [0.29, 0.717) is 19.3 Å². The van der Waals surface area contributed by atoms with Crippen molar-refractivity contribution in [2.45, 2.75) is 65.4 Å². The van der Waals surface area contributed by atoms with Gasteiger partial charge in [-0.05, 0) is 40.0 Å². The van der Waals surface area contributed by atoms with Crippen LogP contribution >= 0.6 is 0 Å². The molecule has 1 atom stereocenters. The lowest BCUT2D eigenvalue weighted by molar-refractivity contribution is -0.155. The van der Waals surface area contributed by atoms with Gasteiger partial charge in [-0.1, -0.05) is 13.0 Å². The van der Waals surface area contributed by atoms with E-state index in [9.17, 15) is 9.59 Å². The third kappa shape index (κ3) is 8.97. The Morgan fingerprint density at radius 3 is 2.39 bits per heavy atom. The van der Waals surface area contributed by atoms with E-state index in [1.165, 1.54) is 0 Å². The summed E-state index contributed by atoms with van der Waals surface area (Å²) in [6.45, 7) is 11.0. The smallest absolute Gasteiger partial charge is 0.306 e. The maximum Gasteiger partial charge on any atom is 0.306 e. The summed E-state index contributed by atoms with van der Waals surface area (Å²) in [5, 5.41) is 0. The van der Waals surface area contributed by atoms with Gasteiger partial charge in [0.05, 0.1) is 0 Å². The molecule has 0 radical (unpaired) electrons. The van der Waals surface area contributed by atoms with Crippen molar-refractivity contribution in [2.75, 3.05) is 0 Å². The van der Waals surface area contributed by atoms with Crippen LogP contribution in [-0.2, 0) is 14.3 Å². The van der Waals surface area contributed by atoms with Gasteiger partial charge < -0.3 is 4.74 Å². The fourth-order valence-electron chi connectivity index (χ4n) is 1.55. The molecule has 0 aliphatic rings. The lowest BCUT2D eigenvalue weighted by Gasteiger charge is -2.20. The minimum absolute atomic E-state index is 0.0673. The summed E-state index contributed by atoms with van der Waals surface area (Å²) in [5.74, 6) is -0.0732. The molecular weight excluding hydrogens is 228 g/mol. The zero-order valence-corrected chi connectivity index (χ0v) is 12.1. The van der Waals surface area contributed by atoms with Gasteiger partial charge in [0.1, 0.15) is 11.4 Å². The maximum absolute atomic E-state index is 11.7. The van der Waals surface area contributed by atoms with Crippen molar-refractivity contribution in [1.82, 2.24) is 0 Å². The maximum atomic E-state index is 11.7. The largest absolute Gasteiger partial charge is 0.460 e. The number of carbonyl (C=O) groups excluding carboxylic acids is 2. The highest BCUT2D eigenvalue weighted by Gasteiger charge is 2.18. The molecule has 0 fully saturated rings. The van der Waals surface area contributed by atoms with Crippen molar-refractivity contribution in [2.24, 2.45) is 5.92 Å². The molecule has 0 spiro atoms. The van der Waals surface area contributed by atoms with Gasteiger partial charge in [0, 0.05) is 18.8 Å². The van der Waals surface area contributed by atoms with Crippen LogP contribution in [-0.4, -0.2) is 17.4 Å². The molecule has 104 valence electrons. The Balaban J connectivity index is 3.88. The molecule has 0 aliphatic carbocycles. The van der Waals surface area contributed by atoms with Gasteiger partial charge in [-0.25, -0.2) is 0 Å². The van der Waals surface area contributed by atoms with E-state index in [0.717, 1.165) is 12.8 Å². The summed E-state index contributed by atoms with van der Waals surface area (Å²) in [7, 11) is 0. The first-order valence-corrected chi connectivity index (χ1v) is 6.61. The lowest BCUT2D eigenvalue weighted by Crippen LogP contribution is -2.24. The van der Waals surface area contributed by atoms with Crippen LogP contribution < -0.4 is 0 Å². The number of ketones is 1. The lowest BCUT2D eigenvalue weighted by atomic mass is 9.96. The molecule has 0 unspecified atom stereocenters. The van der Waals surface area contributed by atoms with Gasteiger partial charge in [0.15, 0.2) is 0 Å². The van der Waals surface area contributed by atoms with E-state index in [1.807, 2.05) is 33.8 Å². The zero-order chi connectivity index (χ0) is 14.2. The Morgan fingerprint density at radius 2 is 1.89 bits per heavy atom. The van der Waals surface area contributed by atoms with Gasteiger partial charge in [0.25, 0.3) is 0 Å². The number of esters is 1. The second kappa shape index (κ2) is 8.06. The van der Waals surface area contributed by atoms with Crippen molar-refractivity contribution in [3.05, 3.63) is 12.7 Å². The number of rotatable bonds is 8. The SMILES string of the molecule is C=CCCCC(=O)[C@@H](C)CCC(=O)OC(C)(C)C. The van der Waals surface area contributed by atoms with Gasteiger partial charge in [-0.15, -0.1) is 6.58 Å². The molecule has 18 heavy (non-hydrogen) atoms. The second-order valence-electron chi connectivity index (χ2n) is 5.67. The minimum atomic E-state index is -0.450. The Morgan fingerprint density at radius 1 is 1.28 bits per heavy atom. The summed E-state index contributed by atoms with van der Waals surface area (Å²) in [5.41, 5.74) is -0.450. The third-order valence-electron chi connectivity index (χ3n) is 2.58. The number of carbonyl (C=O) groups is 2. The van der Waals surface area contributed by atoms with E-state index >= 15 is 0 Å². The number of unbranched alkanes of at least 4 members (excludes halogenated alkanes) is 1. The Hall–Kier alpha value is -1.12. The van der Waals surface area contributed by atoms with E-state index in [1.54, 1.807) is 0 Å². The standard InChI is InChI=1S/C15H26O3/c1-6-7-8-9-13(16)12(2)10-11-14(17)18-15(3,4)5/h6,12H,1,7-11H2,2-5H3/t12-/m0/s1. The van der Waals surface area contributed by atoms with E-state index in [2.05, 4.69) is 6.58 Å². The van der Waals surface area contributed by atoms with Gasteiger partial charge in [-0.3, -0.25) is 9.59 Å². The van der Waals surface area contributed by atoms with Crippen LogP contribution in [0.15, 0.2) is 12.7 Å². The first kappa shape index (κ1) is 16.9. The topological polar surface area (TPSA) is 43.4 Å². The molecule has 0 bridgehead atoms. The highest BCUT2D eigenvalue weighted by molar-refractivity contribution is 5.81. The Bertz CT molecular complexity index is 287. The highest BCUT2D eigenvalue weighted by atomic mass is 16.6. The van der Waals surface area contributed by atoms with Crippen LogP contribution in [0, 0.1) is 5.92 Å². The predicted octanol–water partition coefficient (Wildman–Crippen LogP) is 3.67. The average Bonchev–Trinajstić information content (AvgIpc) is 2.23. The first-order chi connectivity index (χ1) is 8.26. The predicted molar refractivity (Wildman–Crippen MR) is 73.3 cm³/mol. The van der Waals surface area contributed by atoms with Gasteiger partial charge in [0.2, 0.25) is 0 Å². The molecule has 0 aromatic rings. The molecule has 0 aromatic heterocycles. The molecule has 0 aromatic carbocycles. The summed E-state index contributed by atoms with van der Waals surface area (Å²) >= 11 is 0. The van der Waals surface area contributed by atoms with Crippen LogP contribution in [0.3, 0.4) is 0 Å². The highest BCUT2D eigenvalue weighted by Crippen LogP contribution is 2.14. The number of hydrogen-bond donors (Lipinski definition) is 0. The number of ether oxygens (including phenoxy) is 1. The summed E-state index contributed by atoms with van der Waals surface area (Å²) in [6.07, 6.45) is 4.98. The van der Waals surface area contributed by atoms with Crippen molar-refractivity contribution in [3.63, 3.8) is 0 Å². The number of Topliss-reactive ketones (excluding diaryl/α,β-unsaturated/α-hetero) is 1. The van der Waals surface area contributed by atoms with Crippen LogP contribution in [0.4, 0.5) is 0 Å². The minimum Gasteiger partial charge on any atom is -0.460 e. The summed E-state index contributed by atoms with van der Waals surface area (Å²) in [4.78, 5) is 23.2. The average molecular weight is 254 g/mol. The fraction of sp³-hybridized carbons (Fsp3) is 0.733. The van der Waals surface area contributed by atoms with Crippen molar-refractivity contribution in [1.29, 1.82) is 0 Å². The normalized spacial score (nSPS) is 12.9. The molecule has 0 heterocycles. The van der Waals surface area contributed by atoms with Crippen LogP contribution in [0.5, 0.6) is 0 Å². The number of allylic oxidation sites excluding steroid dienone is 1. The molecule has 0 aliphatic heterocycles. The van der Waals surface area contributed by atoms with Crippen molar-refractivity contribution >= 4 is 11.8 Å². The van der Waals surface area contributed by atoms with Crippen LogP contribution in [0.2, 0.25) is 0 Å². The monoisotopic (exact) mass is 254 g/mol. The van der Waals surface area contributed by atoms with E-state index in [4.69, 9.17) is 4.74 Å². The number of hydrogen-bond acceptors (Lipinski definition) is 3. The van der Waals surface area contributed by atoms with Crippen LogP contribution in [0.25, 0.3) is 0 Å². The summed E-state index contributed by atoms with van der Waals surface area (Å²) in [6, 6.07) is 0. The van der Waals surface area contributed by atoms with E-state index < -0.39 is 5.60 Å². The third-order valence-corrected chi connectivity index (χ3v) is 2.58. The van der Waals surface area contributed by atoms with Crippen molar-refractivity contribution in [3.8, 4) is 0 Å². The molecule has 0 amide bonds. The van der Waals surface area contributed by atoms with Crippen molar-refractivity contribution < 1.29 is 14.3 Å². The molecule has 3 nitrogen and oxygen atoms in total. The molecule has 0 rings (SSSR count). The van der Waals surface area contributed by atoms with E-state index in [-0.39, 0.29) is 17.7 Å². The van der Waals surface area contributed by atoms with Gasteiger partial charge in [-0.2, -0.15) is 0 Å². The fourth-order valence-corrected chi connectivity index (χ4v) is 1.55. The Kier molecular flexibility index (Phi) is 7.56. The Labute approximate surface area is 111 Å². The second-order valence-corrected chi connectivity index (χ2v) is 5.67. The molecular formula is C15H26O3. The van der Waals surface area contributed by atoms with Crippen LogP contribution in [0.1, 0.15) is 59.8 Å². The molecule has 0 saturated heterocycles. The summed E-state index contributed by atoms with van der Waals surface area (Å²) < 4.78 is 5.20. The molecule has 0 saturated carbocycles. The molecule has 3 heteroatoms. The van der Waals surface area contributed by atoms with Gasteiger partial charge >= 0.3 is 5.97 Å².